The second kappa shape index (κ2) is 12.0. The number of amides is 2. The van der Waals surface area contributed by atoms with Gasteiger partial charge in [-0.2, -0.15) is 9.97 Å². The Hall–Kier alpha value is -4.74. The summed E-state index contributed by atoms with van der Waals surface area (Å²) in [5.74, 6) is 1.72. The van der Waals surface area contributed by atoms with Crippen LogP contribution in [0.1, 0.15) is 22.3 Å². The third kappa shape index (κ3) is 6.11. The van der Waals surface area contributed by atoms with Crippen LogP contribution >= 0.6 is 0 Å². The number of carbonyl (C=O) groups is 2. The summed E-state index contributed by atoms with van der Waals surface area (Å²) in [6, 6.07) is 13.8. The maximum Gasteiger partial charge on any atom is 0.321 e. The van der Waals surface area contributed by atoms with Gasteiger partial charge in [0.05, 0.1) is 27.4 Å². The van der Waals surface area contributed by atoms with Gasteiger partial charge in [0.1, 0.15) is 17.7 Å². The molecule has 0 aliphatic carbocycles. The first kappa shape index (κ1) is 26.9. The van der Waals surface area contributed by atoms with Gasteiger partial charge in [-0.1, -0.05) is 12.1 Å². The molecule has 2 N–H and O–H groups in total. The first-order chi connectivity index (χ1) is 19.4. The minimum absolute atomic E-state index is 0.185. The van der Waals surface area contributed by atoms with Crippen LogP contribution in [0.25, 0.3) is 0 Å². The Morgan fingerprint density at radius 2 is 1.80 bits per heavy atom. The van der Waals surface area contributed by atoms with Crippen molar-refractivity contribution in [2.24, 2.45) is 0 Å². The predicted octanol–water partition coefficient (Wildman–Crippen LogP) is 1.97. The van der Waals surface area contributed by atoms with E-state index >= 15 is 0 Å². The molecule has 6 rings (SSSR count). The molecule has 0 radical (unpaired) electrons. The highest BCUT2D eigenvalue weighted by molar-refractivity contribution is 5.95. The van der Waals surface area contributed by atoms with E-state index in [1.807, 2.05) is 29.2 Å². The molecule has 0 saturated carbocycles. The standard InChI is InChI=1S/C28H31N5O7/c1-36-22-9-6-18-12-23(22)39-16-25(34)29-14-17-4-7-19(8-5-17)40-21-10-11-33(15-20(21)30-27(18)35)24-13-26(37-2)32-28(31-24)38-3/h4-9,12-13,20-21H,10-11,14-16H2,1-3H3,(H,29,34)(H,30,35)/t20-,21+/m0/s1. The predicted molar refractivity (Wildman–Crippen MR) is 144 cm³/mol. The van der Waals surface area contributed by atoms with E-state index in [1.54, 1.807) is 24.3 Å². The number of benzene rings is 2. The molecule has 3 aliphatic rings. The monoisotopic (exact) mass is 549 g/mol. The fourth-order valence-electron chi connectivity index (χ4n) is 4.61. The van der Waals surface area contributed by atoms with Crippen LogP contribution < -0.4 is 39.2 Å². The summed E-state index contributed by atoms with van der Waals surface area (Å²) in [6.07, 6.45) is 0.287. The number of rotatable bonds is 4. The minimum atomic E-state index is -0.404. The first-order valence-corrected chi connectivity index (χ1v) is 12.8. The van der Waals surface area contributed by atoms with Crippen molar-refractivity contribution in [2.45, 2.75) is 25.1 Å². The van der Waals surface area contributed by atoms with Gasteiger partial charge in [0.25, 0.3) is 11.8 Å². The maximum atomic E-state index is 13.5. The van der Waals surface area contributed by atoms with Crippen molar-refractivity contribution < 1.29 is 33.3 Å². The van der Waals surface area contributed by atoms with Crippen LogP contribution in [-0.2, 0) is 11.3 Å². The first-order valence-electron chi connectivity index (χ1n) is 12.8. The molecule has 40 heavy (non-hydrogen) atoms. The molecule has 0 spiro atoms. The Morgan fingerprint density at radius 1 is 0.975 bits per heavy atom. The van der Waals surface area contributed by atoms with E-state index < -0.39 is 6.04 Å². The third-order valence-corrected chi connectivity index (χ3v) is 6.74. The number of ether oxygens (including phenoxy) is 5. The van der Waals surface area contributed by atoms with Crippen LogP contribution in [0.4, 0.5) is 5.82 Å². The van der Waals surface area contributed by atoms with Gasteiger partial charge < -0.3 is 39.2 Å². The molecule has 1 aromatic heterocycles. The number of nitrogens with one attached hydrogen (secondary N) is 2. The molecular weight excluding hydrogens is 518 g/mol. The topological polar surface area (TPSA) is 133 Å². The molecular formula is C28H31N5O7. The summed E-state index contributed by atoms with van der Waals surface area (Å²) < 4.78 is 28.0. The van der Waals surface area contributed by atoms with E-state index in [0.717, 1.165) is 5.56 Å². The minimum Gasteiger partial charge on any atom is -0.493 e. The second-order valence-electron chi connectivity index (χ2n) is 9.30. The molecule has 1 saturated heterocycles. The number of carbonyl (C=O) groups excluding carboxylic acids is 2. The molecule has 1 fully saturated rings. The van der Waals surface area contributed by atoms with Gasteiger partial charge in [0.15, 0.2) is 18.1 Å². The molecule has 12 nitrogen and oxygen atoms in total. The quantitative estimate of drug-likeness (QED) is 0.498. The Kier molecular flexibility index (Phi) is 8.04. The smallest absolute Gasteiger partial charge is 0.321 e. The van der Waals surface area contributed by atoms with E-state index in [0.29, 0.717) is 54.8 Å². The average molecular weight is 550 g/mol. The van der Waals surface area contributed by atoms with E-state index in [4.69, 9.17) is 23.7 Å². The maximum absolute atomic E-state index is 13.5. The summed E-state index contributed by atoms with van der Waals surface area (Å²) >= 11 is 0. The van der Waals surface area contributed by atoms with Crippen LogP contribution in [0.2, 0.25) is 0 Å². The zero-order valence-electron chi connectivity index (χ0n) is 22.5. The van der Waals surface area contributed by atoms with Crippen molar-refractivity contribution in [2.75, 3.05) is 45.9 Å². The Balaban J connectivity index is 1.46. The second-order valence-corrected chi connectivity index (χ2v) is 9.30. The normalized spacial score (nSPS) is 19.2. The summed E-state index contributed by atoms with van der Waals surface area (Å²) in [6.45, 7) is 1.14. The lowest BCUT2D eigenvalue weighted by Crippen LogP contribution is -2.57. The summed E-state index contributed by atoms with van der Waals surface area (Å²) in [7, 11) is 4.52. The molecule has 3 aliphatic heterocycles. The van der Waals surface area contributed by atoms with Gasteiger partial charge in [-0.05, 0) is 35.9 Å². The van der Waals surface area contributed by atoms with Crippen LogP contribution in [-0.4, -0.2) is 75.0 Å². The summed E-state index contributed by atoms with van der Waals surface area (Å²) in [4.78, 5) is 36.6. The molecule has 2 aromatic carbocycles. The fourth-order valence-corrected chi connectivity index (χ4v) is 4.61. The van der Waals surface area contributed by atoms with E-state index in [9.17, 15) is 9.59 Å². The molecule has 4 bridgehead atoms. The number of hydrogen-bond donors (Lipinski definition) is 2. The van der Waals surface area contributed by atoms with Crippen LogP contribution in [0.5, 0.6) is 29.1 Å². The van der Waals surface area contributed by atoms with Gasteiger partial charge in [-0.15, -0.1) is 0 Å². The number of piperidine rings is 1. The van der Waals surface area contributed by atoms with Crippen LogP contribution in [0.15, 0.2) is 48.5 Å². The Bertz CT molecular complexity index is 1350. The van der Waals surface area contributed by atoms with E-state index in [1.165, 1.54) is 21.3 Å². The van der Waals surface area contributed by atoms with Crippen LogP contribution in [0, 0.1) is 0 Å². The molecule has 2 atom stereocenters. The lowest BCUT2D eigenvalue weighted by atomic mass is 10.0. The zero-order chi connectivity index (χ0) is 28.1. The summed E-state index contributed by atoms with van der Waals surface area (Å²) in [5.41, 5.74) is 1.27. The van der Waals surface area contributed by atoms with Crippen molar-refractivity contribution in [3.8, 4) is 29.1 Å². The summed E-state index contributed by atoms with van der Waals surface area (Å²) in [5, 5.41) is 5.96. The van der Waals surface area contributed by atoms with Crippen molar-refractivity contribution in [1.29, 1.82) is 0 Å². The number of fused-ring (bicyclic) bond motifs is 7. The van der Waals surface area contributed by atoms with Crippen LogP contribution in [0.3, 0.4) is 0 Å². The van der Waals surface area contributed by atoms with Crippen molar-refractivity contribution in [3.63, 3.8) is 0 Å². The van der Waals surface area contributed by atoms with E-state index in [2.05, 4.69) is 20.6 Å². The van der Waals surface area contributed by atoms with E-state index in [-0.39, 0.29) is 36.3 Å². The molecule has 12 heteroatoms. The number of methoxy groups -OCH3 is 3. The van der Waals surface area contributed by atoms with Crippen molar-refractivity contribution in [3.05, 3.63) is 59.7 Å². The number of nitrogens with zero attached hydrogens (tertiary/aromatic N) is 3. The largest absolute Gasteiger partial charge is 0.493 e. The highest BCUT2D eigenvalue weighted by atomic mass is 16.5. The lowest BCUT2D eigenvalue weighted by Gasteiger charge is -2.39. The molecule has 210 valence electrons. The molecule has 2 amide bonds. The number of anilines is 1. The molecule has 0 unspecified atom stereocenters. The highest BCUT2D eigenvalue weighted by Crippen LogP contribution is 2.29. The Labute approximate surface area is 231 Å². The van der Waals surface area contributed by atoms with Gasteiger partial charge in [-0.25, -0.2) is 0 Å². The third-order valence-electron chi connectivity index (χ3n) is 6.74. The number of hydrogen-bond acceptors (Lipinski definition) is 10. The highest BCUT2D eigenvalue weighted by Gasteiger charge is 2.34. The molecule has 3 aromatic rings. The van der Waals surface area contributed by atoms with Gasteiger partial charge in [0.2, 0.25) is 5.88 Å². The lowest BCUT2D eigenvalue weighted by molar-refractivity contribution is -0.123. The average Bonchev–Trinajstić information content (AvgIpc) is 2.99. The fraction of sp³-hybridized carbons (Fsp3) is 0.357. The van der Waals surface area contributed by atoms with Gasteiger partial charge in [-0.3, -0.25) is 9.59 Å². The van der Waals surface area contributed by atoms with Crippen molar-refractivity contribution >= 4 is 17.6 Å². The van der Waals surface area contributed by atoms with Gasteiger partial charge >= 0.3 is 6.01 Å². The van der Waals surface area contributed by atoms with Gasteiger partial charge in [0, 0.05) is 37.7 Å². The SMILES string of the molecule is COc1cc(N2CC[C@H]3Oc4ccc(cc4)CNC(=O)COc4cc(ccc4OC)C(=O)N[C@H]3C2)nc(OC)n1. The number of aromatic nitrogens is 2. The zero-order valence-corrected chi connectivity index (χ0v) is 22.5. The van der Waals surface area contributed by atoms with Crippen molar-refractivity contribution in [1.82, 2.24) is 20.6 Å². The Morgan fingerprint density at radius 3 is 2.55 bits per heavy atom. The molecule has 4 heterocycles.